The molecule has 0 saturated carbocycles. The van der Waals surface area contributed by atoms with Crippen molar-refractivity contribution in [2.45, 2.75) is 12.5 Å². The van der Waals surface area contributed by atoms with Gasteiger partial charge < -0.3 is 15.0 Å². The van der Waals surface area contributed by atoms with E-state index in [4.69, 9.17) is 4.74 Å². The molecule has 0 bridgehead atoms. The third-order valence-electron chi connectivity index (χ3n) is 4.40. The van der Waals surface area contributed by atoms with Crippen LogP contribution in [0.4, 0.5) is 10.5 Å². The number of carbonyl (C=O) groups excluding carboxylic acids is 2. The summed E-state index contributed by atoms with van der Waals surface area (Å²) in [4.78, 5) is 27.7. The molecule has 8 nitrogen and oxygen atoms in total. The lowest BCUT2D eigenvalue weighted by atomic mass is 10.2. The zero-order valence-corrected chi connectivity index (χ0v) is 14.8. The molecular formula is C16H21N3O5S. The highest BCUT2D eigenvalue weighted by Gasteiger charge is 2.34. The molecule has 2 fully saturated rings. The van der Waals surface area contributed by atoms with Gasteiger partial charge in [-0.3, -0.25) is 9.69 Å². The van der Waals surface area contributed by atoms with Crippen molar-refractivity contribution in [3.05, 3.63) is 24.3 Å². The number of carbonyl (C=O) groups is 2. The predicted octanol–water partition coefficient (Wildman–Crippen LogP) is 0.241. The van der Waals surface area contributed by atoms with Crippen LogP contribution in [0.1, 0.15) is 6.42 Å². The van der Waals surface area contributed by atoms with Crippen LogP contribution in [-0.4, -0.2) is 69.5 Å². The van der Waals surface area contributed by atoms with Gasteiger partial charge in [-0.05, 0) is 18.6 Å². The van der Waals surface area contributed by atoms with Gasteiger partial charge in [0.05, 0.1) is 24.3 Å². The molecule has 25 heavy (non-hydrogen) atoms. The second-order valence-corrected chi connectivity index (χ2v) is 8.42. The number of nitrogens with one attached hydrogen (secondary N) is 1. The topological polar surface area (TPSA) is 96.0 Å². The number of hydrogen-bond donors (Lipinski definition) is 1. The highest BCUT2D eigenvalue weighted by atomic mass is 32.2. The van der Waals surface area contributed by atoms with Crippen LogP contribution < -0.4 is 15.0 Å². The number of sulfone groups is 1. The van der Waals surface area contributed by atoms with Crippen LogP contribution in [0, 0.1) is 0 Å². The molecule has 1 aromatic rings. The molecule has 3 rings (SSSR count). The number of ether oxygens (including phenoxy) is 1. The molecule has 3 amide bonds. The van der Waals surface area contributed by atoms with Crippen molar-refractivity contribution in [2.24, 2.45) is 0 Å². The molecule has 2 aliphatic heterocycles. The van der Waals surface area contributed by atoms with E-state index in [-0.39, 0.29) is 36.0 Å². The van der Waals surface area contributed by atoms with Crippen LogP contribution in [0.2, 0.25) is 0 Å². The quantitative estimate of drug-likeness (QED) is 0.804. The Hall–Kier alpha value is -2.29. The Labute approximate surface area is 146 Å². The lowest BCUT2D eigenvalue weighted by Gasteiger charge is -2.20. The zero-order chi connectivity index (χ0) is 18.0. The molecule has 0 aromatic heterocycles. The van der Waals surface area contributed by atoms with Crippen molar-refractivity contribution in [1.82, 2.24) is 10.2 Å². The van der Waals surface area contributed by atoms with Gasteiger partial charge in [-0.15, -0.1) is 0 Å². The van der Waals surface area contributed by atoms with Crippen LogP contribution in [-0.2, 0) is 14.6 Å². The van der Waals surface area contributed by atoms with E-state index in [1.807, 2.05) is 12.1 Å². The summed E-state index contributed by atoms with van der Waals surface area (Å²) in [5.74, 6) is 0.331. The first-order chi connectivity index (χ1) is 11.9. The van der Waals surface area contributed by atoms with Crippen molar-refractivity contribution in [2.75, 3.05) is 43.1 Å². The number of anilines is 1. The first kappa shape index (κ1) is 17.5. The molecule has 0 aliphatic carbocycles. The van der Waals surface area contributed by atoms with Gasteiger partial charge in [-0.2, -0.15) is 0 Å². The van der Waals surface area contributed by atoms with E-state index < -0.39 is 9.84 Å². The van der Waals surface area contributed by atoms with Crippen LogP contribution in [0.25, 0.3) is 0 Å². The molecule has 1 N–H and O–H groups in total. The van der Waals surface area contributed by atoms with Crippen LogP contribution in [0.15, 0.2) is 24.3 Å². The fraction of sp³-hybridized carbons (Fsp3) is 0.500. The SMILES string of the molecule is COc1ccccc1N1CCN(CC(=O)NC2CCS(=O)(=O)C2)C1=O. The largest absolute Gasteiger partial charge is 0.495 e. The standard InChI is InChI=1S/C16H21N3O5S/c1-24-14-5-3-2-4-13(14)19-8-7-18(16(19)21)10-15(20)17-12-6-9-25(22,23)11-12/h2-5,12H,6-11H2,1H3,(H,17,20). The summed E-state index contributed by atoms with van der Waals surface area (Å²) in [6.07, 6.45) is 0.426. The summed E-state index contributed by atoms with van der Waals surface area (Å²) in [5, 5.41) is 2.70. The van der Waals surface area contributed by atoms with Gasteiger partial charge in [-0.25, -0.2) is 13.2 Å². The smallest absolute Gasteiger partial charge is 0.325 e. The number of hydrogen-bond acceptors (Lipinski definition) is 5. The van der Waals surface area contributed by atoms with E-state index >= 15 is 0 Å². The monoisotopic (exact) mass is 367 g/mol. The maximum atomic E-state index is 12.6. The minimum Gasteiger partial charge on any atom is -0.495 e. The Morgan fingerprint density at radius 3 is 2.76 bits per heavy atom. The van der Waals surface area contributed by atoms with Gasteiger partial charge in [-0.1, -0.05) is 12.1 Å². The lowest BCUT2D eigenvalue weighted by molar-refractivity contribution is -0.122. The normalized spacial score (nSPS) is 22.3. The lowest BCUT2D eigenvalue weighted by Crippen LogP contribution is -2.44. The van der Waals surface area contributed by atoms with Crippen LogP contribution in [0.5, 0.6) is 5.75 Å². The van der Waals surface area contributed by atoms with Gasteiger partial charge in [0.1, 0.15) is 12.3 Å². The summed E-state index contributed by atoms with van der Waals surface area (Å²) in [7, 11) is -1.51. The van der Waals surface area contributed by atoms with E-state index in [0.717, 1.165) is 0 Å². The molecule has 0 spiro atoms. The summed E-state index contributed by atoms with van der Waals surface area (Å²) in [6, 6.07) is 6.59. The molecule has 1 unspecified atom stereocenters. The Morgan fingerprint density at radius 2 is 2.08 bits per heavy atom. The number of methoxy groups -OCH3 is 1. The van der Waals surface area contributed by atoms with Crippen molar-refractivity contribution in [3.8, 4) is 5.75 Å². The van der Waals surface area contributed by atoms with Crippen molar-refractivity contribution >= 4 is 27.5 Å². The number of rotatable bonds is 5. The fourth-order valence-electron chi connectivity index (χ4n) is 3.16. The van der Waals surface area contributed by atoms with Crippen molar-refractivity contribution < 1.29 is 22.7 Å². The van der Waals surface area contributed by atoms with Crippen LogP contribution in [0.3, 0.4) is 0 Å². The molecule has 2 saturated heterocycles. The Bertz CT molecular complexity index is 780. The average molecular weight is 367 g/mol. The molecule has 1 aromatic carbocycles. The first-order valence-electron chi connectivity index (χ1n) is 8.09. The van der Waals surface area contributed by atoms with Gasteiger partial charge in [0.2, 0.25) is 5.91 Å². The Kier molecular flexibility index (Phi) is 4.85. The third-order valence-corrected chi connectivity index (χ3v) is 6.17. The first-order valence-corrected chi connectivity index (χ1v) is 9.91. The third kappa shape index (κ3) is 3.87. The van der Waals surface area contributed by atoms with Gasteiger partial charge in [0.15, 0.2) is 9.84 Å². The highest BCUT2D eigenvalue weighted by Crippen LogP contribution is 2.30. The molecule has 2 aliphatic rings. The Balaban J connectivity index is 1.60. The van der Waals surface area contributed by atoms with E-state index in [9.17, 15) is 18.0 Å². The van der Waals surface area contributed by atoms with Gasteiger partial charge in [0.25, 0.3) is 0 Å². The fourth-order valence-corrected chi connectivity index (χ4v) is 4.83. The second-order valence-electron chi connectivity index (χ2n) is 6.20. The average Bonchev–Trinajstić information content (AvgIpc) is 3.10. The van der Waals surface area contributed by atoms with Gasteiger partial charge in [0, 0.05) is 19.1 Å². The van der Waals surface area contributed by atoms with E-state index in [0.29, 0.717) is 30.9 Å². The summed E-state index contributed by atoms with van der Waals surface area (Å²) in [5.41, 5.74) is 0.666. The summed E-state index contributed by atoms with van der Waals surface area (Å²) in [6.45, 7) is 0.804. The number of benzene rings is 1. The predicted molar refractivity (Wildman–Crippen MR) is 92.5 cm³/mol. The van der Waals surface area contributed by atoms with Gasteiger partial charge >= 0.3 is 6.03 Å². The second kappa shape index (κ2) is 6.91. The van der Waals surface area contributed by atoms with Crippen molar-refractivity contribution in [3.63, 3.8) is 0 Å². The molecule has 9 heteroatoms. The molecule has 0 radical (unpaired) electrons. The zero-order valence-electron chi connectivity index (χ0n) is 14.0. The van der Waals surface area contributed by atoms with E-state index in [1.54, 1.807) is 24.1 Å². The summed E-state index contributed by atoms with van der Waals surface area (Å²) < 4.78 is 28.2. The maximum absolute atomic E-state index is 12.6. The summed E-state index contributed by atoms with van der Waals surface area (Å²) >= 11 is 0. The highest BCUT2D eigenvalue weighted by molar-refractivity contribution is 7.91. The minimum absolute atomic E-state index is 0.0278. The molecule has 1 atom stereocenters. The van der Waals surface area contributed by atoms with E-state index in [2.05, 4.69) is 5.32 Å². The molecule has 2 heterocycles. The van der Waals surface area contributed by atoms with E-state index in [1.165, 1.54) is 4.90 Å². The number of para-hydroxylation sites is 2. The molecule has 136 valence electrons. The molecular weight excluding hydrogens is 346 g/mol. The minimum atomic E-state index is -3.05. The number of nitrogens with zero attached hydrogens (tertiary/aromatic N) is 2. The number of amides is 3. The number of urea groups is 1. The maximum Gasteiger partial charge on any atom is 0.325 e. The Morgan fingerprint density at radius 1 is 1.32 bits per heavy atom. The van der Waals surface area contributed by atoms with Crippen molar-refractivity contribution in [1.29, 1.82) is 0 Å². The van der Waals surface area contributed by atoms with Crippen LogP contribution >= 0.6 is 0 Å².